The summed E-state index contributed by atoms with van der Waals surface area (Å²) in [5.41, 5.74) is 10.8. The van der Waals surface area contributed by atoms with E-state index in [-0.39, 0.29) is 12.2 Å². The summed E-state index contributed by atoms with van der Waals surface area (Å²) < 4.78 is 17.2. The molecular weight excluding hydrogens is 282 g/mol. The molecule has 6 heteroatoms. The second kappa shape index (κ2) is 7.47. The van der Waals surface area contributed by atoms with E-state index in [0.717, 1.165) is 24.5 Å². The molecule has 0 unspecified atom stereocenters. The van der Waals surface area contributed by atoms with Crippen molar-refractivity contribution in [1.82, 2.24) is 4.90 Å². The van der Waals surface area contributed by atoms with Crippen LogP contribution in [0.1, 0.15) is 34.1 Å². The molecule has 1 fully saturated rings. The molecule has 0 atom stereocenters. The van der Waals surface area contributed by atoms with Crippen molar-refractivity contribution in [2.45, 2.75) is 46.3 Å². The summed E-state index contributed by atoms with van der Waals surface area (Å²) in [5, 5.41) is 0. The van der Waals surface area contributed by atoms with Crippen LogP contribution in [0.3, 0.4) is 0 Å². The van der Waals surface area contributed by atoms with Crippen LogP contribution < -0.4 is 0 Å². The van der Waals surface area contributed by atoms with Crippen LogP contribution in [-0.2, 0) is 14.2 Å². The Morgan fingerprint density at radius 3 is 2.32 bits per heavy atom. The van der Waals surface area contributed by atoms with Crippen molar-refractivity contribution in [2.24, 2.45) is 0 Å². The molecule has 0 spiro atoms. The van der Waals surface area contributed by atoms with Gasteiger partial charge in [-0.05, 0) is 27.7 Å². The van der Waals surface area contributed by atoms with Gasteiger partial charge in [-0.3, -0.25) is 0 Å². The molecule has 0 N–H and O–H groups in total. The van der Waals surface area contributed by atoms with Crippen molar-refractivity contribution in [3.05, 3.63) is 28.8 Å². The second-order valence-corrected chi connectivity index (χ2v) is 5.97. The van der Waals surface area contributed by atoms with Crippen LogP contribution in [0.15, 0.2) is 23.3 Å². The van der Waals surface area contributed by atoms with Crippen LogP contribution in [0.5, 0.6) is 0 Å². The zero-order chi connectivity index (χ0) is 16.1. The van der Waals surface area contributed by atoms with Gasteiger partial charge in [-0.1, -0.05) is 0 Å². The molecule has 1 aliphatic heterocycles. The minimum absolute atomic E-state index is 0.0153. The smallest absolute Gasteiger partial charge is 0.341 e. The minimum atomic E-state index is 0.0153. The lowest BCUT2D eigenvalue weighted by Crippen LogP contribution is -2.37. The van der Waals surface area contributed by atoms with Gasteiger partial charge in [0.05, 0.1) is 31.1 Å². The van der Waals surface area contributed by atoms with Gasteiger partial charge in [-0.2, -0.15) is 4.79 Å². The van der Waals surface area contributed by atoms with Crippen molar-refractivity contribution in [3.63, 3.8) is 0 Å². The van der Waals surface area contributed by atoms with E-state index in [4.69, 9.17) is 14.2 Å². The van der Waals surface area contributed by atoms with Gasteiger partial charge in [0.25, 0.3) is 0 Å². The lowest BCUT2D eigenvalue weighted by molar-refractivity contribution is -0.0169. The minimum Gasteiger partial charge on any atom is -0.493 e. The molecule has 6 nitrogen and oxygen atoms in total. The fraction of sp³-hybridized carbons (Fsp3) is 0.688. The summed E-state index contributed by atoms with van der Waals surface area (Å²) >= 11 is 0. The molecule has 22 heavy (non-hydrogen) atoms. The highest BCUT2D eigenvalue weighted by atomic mass is 16.5. The molecule has 0 amide bonds. The molecule has 0 aromatic rings. The van der Waals surface area contributed by atoms with E-state index in [9.17, 15) is 5.53 Å². The zero-order valence-electron chi connectivity index (χ0n) is 13.8. The van der Waals surface area contributed by atoms with Crippen molar-refractivity contribution >= 4 is 5.71 Å². The van der Waals surface area contributed by atoms with Gasteiger partial charge in [0.1, 0.15) is 12.2 Å². The van der Waals surface area contributed by atoms with E-state index >= 15 is 0 Å². The second-order valence-electron chi connectivity index (χ2n) is 5.97. The van der Waals surface area contributed by atoms with Gasteiger partial charge >= 0.3 is 5.71 Å². The summed E-state index contributed by atoms with van der Waals surface area (Å²) in [6.45, 7) is 10.9. The Balaban J connectivity index is 2.36. The molecule has 1 saturated heterocycles. The van der Waals surface area contributed by atoms with Crippen molar-refractivity contribution in [1.29, 1.82) is 0 Å². The molecule has 2 aliphatic rings. The number of rotatable bonds is 5. The third-order valence-corrected chi connectivity index (χ3v) is 3.38. The summed E-state index contributed by atoms with van der Waals surface area (Å²) in [4.78, 5) is 5.62. The predicted octanol–water partition coefficient (Wildman–Crippen LogP) is 2.34. The lowest BCUT2D eigenvalue weighted by atomic mass is 10.0. The number of morpholine rings is 1. The summed E-state index contributed by atoms with van der Waals surface area (Å²) in [7, 11) is 0. The highest BCUT2D eigenvalue weighted by Crippen LogP contribution is 2.28. The Kier molecular flexibility index (Phi) is 5.63. The molecule has 0 aromatic heterocycles. The first-order valence-electron chi connectivity index (χ1n) is 7.83. The highest BCUT2D eigenvalue weighted by Gasteiger charge is 2.31. The normalized spacial score (nSPS) is 19.5. The first-order valence-corrected chi connectivity index (χ1v) is 7.83. The van der Waals surface area contributed by atoms with Crippen LogP contribution in [0.25, 0.3) is 5.53 Å². The molecule has 0 aromatic carbocycles. The van der Waals surface area contributed by atoms with E-state index in [1.807, 2.05) is 33.8 Å². The number of nitrogens with zero attached hydrogens (tertiary/aromatic N) is 3. The Labute approximate surface area is 132 Å². The highest BCUT2D eigenvalue weighted by molar-refractivity contribution is 5.97. The van der Waals surface area contributed by atoms with Gasteiger partial charge in [0.2, 0.25) is 5.76 Å². The maximum Gasteiger partial charge on any atom is 0.341 e. The average Bonchev–Trinajstić information content (AvgIpc) is 2.48. The number of hydrogen-bond acceptors (Lipinski definition) is 4. The SMILES string of the molecule is CC(C)OC1=CC(N2CCOCC2)=C(OC(C)C)CC1=[N+]=[N-]. The van der Waals surface area contributed by atoms with E-state index < -0.39 is 0 Å². The van der Waals surface area contributed by atoms with Crippen molar-refractivity contribution in [3.8, 4) is 0 Å². The maximum atomic E-state index is 9.28. The van der Waals surface area contributed by atoms with Crippen LogP contribution >= 0.6 is 0 Å². The Hall–Kier alpha value is -1.78. The molecule has 0 saturated carbocycles. The quantitative estimate of drug-likeness (QED) is 0.577. The third-order valence-electron chi connectivity index (χ3n) is 3.38. The van der Waals surface area contributed by atoms with E-state index in [1.165, 1.54) is 0 Å². The predicted molar refractivity (Wildman–Crippen MR) is 83.2 cm³/mol. The Bertz CT molecular complexity index is 511. The molecular formula is C16H25N3O3. The fourth-order valence-electron chi connectivity index (χ4n) is 2.52. The first kappa shape index (κ1) is 16.6. The summed E-state index contributed by atoms with van der Waals surface area (Å²) in [6, 6.07) is 0. The van der Waals surface area contributed by atoms with Crippen LogP contribution in [0, 0.1) is 0 Å². The number of allylic oxidation sites excluding steroid dienone is 3. The summed E-state index contributed by atoms with van der Waals surface area (Å²) in [5.74, 6) is 1.43. The average molecular weight is 307 g/mol. The van der Waals surface area contributed by atoms with Gasteiger partial charge < -0.3 is 24.6 Å². The zero-order valence-corrected chi connectivity index (χ0v) is 13.8. The number of hydrogen-bond donors (Lipinski definition) is 0. The molecule has 1 aliphatic carbocycles. The standard InChI is InChI=1S/C16H25N3O3/c1-11(2)21-15-10-14(19-5-7-20-8-6-19)16(22-12(3)4)9-13(15)18-17/h10-12H,5-9H2,1-4H3. The van der Waals surface area contributed by atoms with E-state index in [0.29, 0.717) is 31.1 Å². The molecule has 1 heterocycles. The Morgan fingerprint density at radius 2 is 1.77 bits per heavy atom. The number of ether oxygens (including phenoxy) is 3. The largest absolute Gasteiger partial charge is 0.493 e. The molecule has 0 radical (unpaired) electrons. The molecule has 2 rings (SSSR count). The van der Waals surface area contributed by atoms with Crippen molar-refractivity contribution in [2.75, 3.05) is 26.3 Å². The van der Waals surface area contributed by atoms with Gasteiger partial charge in [0, 0.05) is 19.2 Å². The maximum absolute atomic E-state index is 9.28. The van der Waals surface area contributed by atoms with Gasteiger partial charge in [0.15, 0.2) is 0 Å². The van der Waals surface area contributed by atoms with Gasteiger partial charge in [-0.25, -0.2) is 0 Å². The third kappa shape index (κ3) is 4.12. The van der Waals surface area contributed by atoms with E-state index in [2.05, 4.69) is 9.69 Å². The Morgan fingerprint density at radius 1 is 1.14 bits per heavy atom. The van der Waals surface area contributed by atoms with Crippen LogP contribution in [-0.4, -0.2) is 53.9 Å². The summed E-state index contributed by atoms with van der Waals surface area (Å²) in [6.07, 6.45) is 2.43. The fourth-order valence-corrected chi connectivity index (χ4v) is 2.52. The van der Waals surface area contributed by atoms with Crippen LogP contribution in [0.2, 0.25) is 0 Å². The lowest BCUT2D eigenvalue weighted by Gasteiger charge is -2.33. The monoisotopic (exact) mass is 307 g/mol. The molecule has 122 valence electrons. The molecule has 0 bridgehead atoms. The van der Waals surface area contributed by atoms with Crippen molar-refractivity contribution < 1.29 is 19.0 Å². The topological polar surface area (TPSA) is 67.3 Å². The van der Waals surface area contributed by atoms with Gasteiger partial charge in [-0.15, -0.1) is 0 Å². The first-order chi connectivity index (χ1) is 10.5. The van der Waals surface area contributed by atoms with Crippen LogP contribution in [0.4, 0.5) is 0 Å². The van der Waals surface area contributed by atoms with E-state index in [1.54, 1.807) is 0 Å².